The standard InChI is InChI=1S/C7H6F3N2/c1-2-5-3-4-11-6(12-5)7(8,9)10/h3H,2H2,1H3. The lowest BCUT2D eigenvalue weighted by molar-refractivity contribution is -0.145. The van der Waals surface area contributed by atoms with E-state index in [4.69, 9.17) is 0 Å². The minimum absolute atomic E-state index is 0.345. The first-order valence-corrected chi connectivity index (χ1v) is 3.35. The molecule has 5 heteroatoms. The van der Waals surface area contributed by atoms with Crippen LogP contribution in [-0.2, 0) is 12.6 Å². The Hall–Kier alpha value is -1.13. The number of alkyl halides is 3. The highest BCUT2D eigenvalue weighted by atomic mass is 19.4. The second-order valence-corrected chi connectivity index (χ2v) is 2.16. The fourth-order valence-corrected chi connectivity index (χ4v) is 0.669. The van der Waals surface area contributed by atoms with Crippen LogP contribution in [0.25, 0.3) is 0 Å². The molecule has 0 N–H and O–H groups in total. The van der Waals surface area contributed by atoms with Crippen molar-refractivity contribution in [2.75, 3.05) is 0 Å². The molecule has 1 aromatic heterocycles. The van der Waals surface area contributed by atoms with Gasteiger partial charge in [-0.2, -0.15) is 13.2 Å². The highest BCUT2D eigenvalue weighted by Gasteiger charge is 2.34. The summed E-state index contributed by atoms with van der Waals surface area (Å²) in [5.74, 6) is -1.12. The van der Waals surface area contributed by atoms with Crippen LogP contribution in [0, 0.1) is 6.20 Å². The van der Waals surface area contributed by atoms with Crippen molar-refractivity contribution in [3.8, 4) is 0 Å². The summed E-state index contributed by atoms with van der Waals surface area (Å²) in [5.41, 5.74) is 0.345. The highest BCUT2D eigenvalue weighted by Crippen LogP contribution is 2.25. The largest absolute Gasteiger partial charge is 0.451 e. The first-order valence-electron chi connectivity index (χ1n) is 3.35. The highest BCUT2D eigenvalue weighted by molar-refractivity contribution is 5.02. The van der Waals surface area contributed by atoms with Crippen molar-refractivity contribution in [2.24, 2.45) is 0 Å². The van der Waals surface area contributed by atoms with Gasteiger partial charge < -0.3 is 0 Å². The maximum atomic E-state index is 12.0. The Bertz CT molecular complexity index is 270. The van der Waals surface area contributed by atoms with E-state index in [9.17, 15) is 13.2 Å². The molecular formula is C7H6F3N2. The molecule has 0 aliphatic heterocycles. The second kappa shape index (κ2) is 3.08. The lowest BCUT2D eigenvalue weighted by Gasteiger charge is -2.04. The van der Waals surface area contributed by atoms with Crippen molar-refractivity contribution >= 4 is 0 Å². The van der Waals surface area contributed by atoms with Crippen molar-refractivity contribution in [2.45, 2.75) is 19.5 Å². The molecule has 0 unspecified atom stereocenters. The minimum Gasteiger partial charge on any atom is -0.229 e. The van der Waals surface area contributed by atoms with Gasteiger partial charge in [0.2, 0.25) is 5.82 Å². The maximum absolute atomic E-state index is 12.0. The average Bonchev–Trinajstić information content (AvgIpc) is 2.03. The van der Waals surface area contributed by atoms with Crippen LogP contribution in [0.15, 0.2) is 6.07 Å². The Labute approximate surface area is 67.5 Å². The lowest BCUT2D eigenvalue weighted by atomic mass is 10.3. The molecule has 0 saturated heterocycles. The number of hydrogen-bond acceptors (Lipinski definition) is 2. The molecule has 0 aliphatic rings. The molecule has 0 aromatic carbocycles. The smallest absolute Gasteiger partial charge is 0.229 e. The van der Waals surface area contributed by atoms with Crippen LogP contribution in [0.4, 0.5) is 13.2 Å². The number of nitrogens with zero attached hydrogens (tertiary/aromatic N) is 2. The summed E-state index contributed by atoms with van der Waals surface area (Å²) in [6, 6.07) is 1.34. The van der Waals surface area contributed by atoms with Gasteiger partial charge in [-0.15, -0.1) is 0 Å². The molecule has 0 aliphatic carbocycles. The van der Waals surface area contributed by atoms with Crippen LogP contribution in [0.3, 0.4) is 0 Å². The summed E-state index contributed by atoms with van der Waals surface area (Å²) >= 11 is 0. The third-order valence-corrected chi connectivity index (χ3v) is 1.27. The van der Waals surface area contributed by atoms with Gasteiger partial charge in [0.05, 0.1) is 6.20 Å². The van der Waals surface area contributed by atoms with E-state index in [-0.39, 0.29) is 0 Å². The average molecular weight is 175 g/mol. The Balaban J connectivity index is 3.02. The maximum Gasteiger partial charge on any atom is 0.451 e. The predicted molar refractivity (Wildman–Crippen MR) is 35.2 cm³/mol. The fourth-order valence-electron chi connectivity index (χ4n) is 0.669. The molecule has 1 rings (SSSR count). The van der Waals surface area contributed by atoms with Gasteiger partial charge in [0.15, 0.2) is 0 Å². The summed E-state index contributed by atoms with van der Waals surface area (Å²) in [6.07, 6.45) is -1.87. The first kappa shape index (κ1) is 8.96. The van der Waals surface area contributed by atoms with Crippen molar-refractivity contribution in [3.05, 3.63) is 23.8 Å². The normalized spacial score (nSPS) is 11.7. The van der Waals surface area contributed by atoms with Gasteiger partial charge >= 0.3 is 6.18 Å². The Morgan fingerprint density at radius 2 is 2.17 bits per heavy atom. The van der Waals surface area contributed by atoms with Crippen molar-refractivity contribution in [3.63, 3.8) is 0 Å². The Morgan fingerprint density at radius 1 is 1.50 bits per heavy atom. The van der Waals surface area contributed by atoms with Gasteiger partial charge in [0.1, 0.15) is 0 Å². The monoisotopic (exact) mass is 175 g/mol. The zero-order chi connectivity index (χ0) is 9.19. The van der Waals surface area contributed by atoms with Crippen LogP contribution < -0.4 is 0 Å². The zero-order valence-electron chi connectivity index (χ0n) is 6.31. The summed E-state index contributed by atoms with van der Waals surface area (Å²) in [4.78, 5) is 6.29. The molecule has 65 valence electrons. The Morgan fingerprint density at radius 3 is 2.67 bits per heavy atom. The first-order chi connectivity index (χ1) is 5.54. The van der Waals surface area contributed by atoms with Crippen LogP contribution in [0.1, 0.15) is 18.4 Å². The third-order valence-electron chi connectivity index (χ3n) is 1.27. The van der Waals surface area contributed by atoms with E-state index in [2.05, 4.69) is 16.2 Å². The molecule has 1 aromatic rings. The van der Waals surface area contributed by atoms with Gasteiger partial charge in [-0.25, -0.2) is 9.97 Å². The molecular weight excluding hydrogens is 169 g/mol. The number of halogens is 3. The summed E-state index contributed by atoms with van der Waals surface area (Å²) in [5, 5.41) is 0. The SMILES string of the molecule is CCc1c[c]nc(C(F)(F)F)n1. The molecule has 12 heavy (non-hydrogen) atoms. The van der Waals surface area contributed by atoms with Crippen molar-refractivity contribution < 1.29 is 13.2 Å². The van der Waals surface area contributed by atoms with Gasteiger partial charge in [-0.1, -0.05) is 6.92 Å². The molecule has 0 amide bonds. The number of rotatable bonds is 1. The third kappa shape index (κ3) is 1.93. The number of hydrogen-bond donors (Lipinski definition) is 0. The molecule has 0 fully saturated rings. The molecule has 0 atom stereocenters. The van der Waals surface area contributed by atoms with E-state index in [1.54, 1.807) is 6.92 Å². The van der Waals surface area contributed by atoms with Crippen LogP contribution in [0.5, 0.6) is 0 Å². The molecule has 0 bridgehead atoms. The van der Waals surface area contributed by atoms with E-state index in [0.717, 1.165) is 0 Å². The number of aryl methyl sites for hydroxylation is 1. The molecule has 1 heterocycles. The van der Waals surface area contributed by atoms with Crippen LogP contribution in [0.2, 0.25) is 0 Å². The molecule has 0 saturated carbocycles. The van der Waals surface area contributed by atoms with E-state index in [1.807, 2.05) is 0 Å². The van der Waals surface area contributed by atoms with E-state index < -0.39 is 12.0 Å². The van der Waals surface area contributed by atoms with Gasteiger partial charge in [-0.3, -0.25) is 0 Å². The van der Waals surface area contributed by atoms with Gasteiger partial charge in [0.25, 0.3) is 0 Å². The second-order valence-electron chi connectivity index (χ2n) is 2.16. The number of aromatic nitrogens is 2. The summed E-state index contributed by atoms with van der Waals surface area (Å²) in [7, 11) is 0. The summed E-state index contributed by atoms with van der Waals surface area (Å²) < 4.78 is 35.9. The molecule has 0 spiro atoms. The molecule has 1 radical (unpaired) electrons. The fraction of sp³-hybridized carbons (Fsp3) is 0.429. The Kier molecular flexibility index (Phi) is 2.30. The van der Waals surface area contributed by atoms with Crippen molar-refractivity contribution in [1.82, 2.24) is 9.97 Å². The zero-order valence-corrected chi connectivity index (χ0v) is 6.31. The lowest BCUT2D eigenvalue weighted by Crippen LogP contribution is -2.11. The van der Waals surface area contributed by atoms with E-state index in [0.29, 0.717) is 12.1 Å². The predicted octanol–water partition coefficient (Wildman–Crippen LogP) is 1.86. The quantitative estimate of drug-likeness (QED) is 0.651. The van der Waals surface area contributed by atoms with Gasteiger partial charge in [0, 0.05) is 5.69 Å². The topological polar surface area (TPSA) is 25.8 Å². The van der Waals surface area contributed by atoms with Crippen molar-refractivity contribution in [1.29, 1.82) is 0 Å². The minimum atomic E-state index is -4.47. The van der Waals surface area contributed by atoms with E-state index >= 15 is 0 Å². The van der Waals surface area contributed by atoms with Crippen LogP contribution in [-0.4, -0.2) is 9.97 Å². The van der Waals surface area contributed by atoms with Gasteiger partial charge in [-0.05, 0) is 12.5 Å². The van der Waals surface area contributed by atoms with Crippen LogP contribution >= 0.6 is 0 Å². The summed E-state index contributed by atoms with van der Waals surface area (Å²) in [6.45, 7) is 1.72. The van der Waals surface area contributed by atoms with E-state index in [1.165, 1.54) is 6.07 Å². The molecule has 2 nitrogen and oxygen atoms in total.